The third kappa shape index (κ3) is 5.10. The molecule has 3 amide bonds. The van der Waals surface area contributed by atoms with Crippen LogP contribution in [0.4, 0.5) is 0 Å². The lowest BCUT2D eigenvalue weighted by Gasteiger charge is -2.30. The number of benzene rings is 1. The minimum absolute atomic E-state index is 0.146. The van der Waals surface area contributed by atoms with E-state index in [1.807, 2.05) is 0 Å². The number of carbonyl (C=O) groups is 3. The second-order valence-corrected chi connectivity index (χ2v) is 6.82. The number of likely N-dealkylation sites (tertiary alicyclic amines) is 1. The lowest BCUT2D eigenvalue weighted by atomic mass is 9.96. The quantitative estimate of drug-likeness (QED) is 0.784. The first kappa shape index (κ1) is 19.0. The van der Waals surface area contributed by atoms with Crippen molar-refractivity contribution >= 4 is 29.3 Å². The molecule has 7 nitrogen and oxygen atoms in total. The number of hydrazine groups is 1. The van der Waals surface area contributed by atoms with E-state index in [0.717, 1.165) is 5.56 Å². The van der Waals surface area contributed by atoms with Crippen LogP contribution < -0.4 is 10.9 Å². The Balaban J connectivity index is 1.41. The molecule has 0 saturated carbocycles. The maximum Gasteiger partial charge on any atom is 0.289 e. The van der Waals surface area contributed by atoms with Crippen LogP contribution >= 0.6 is 11.6 Å². The van der Waals surface area contributed by atoms with Gasteiger partial charge in [0.15, 0.2) is 5.76 Å². The summed E-state index contributed by atoms with van der Waals surface area (Å²) >= 11 is 5.81. The topological polar surface area (TPSA) is 91.7 Å². The van der Waals surface area contributed by atoms with E-state index >= 15 is 0 Å². The highest BCUT2D eigenvalue weighted by atomic mass is 35.5. The van der Waals surface area contributed by atoms with Crippen LogP contribution in [0.25, 0.3) is 0 Å². The molecule has 0 unspecified atom stereocenters. The number of nitrogens with zero attached hydrogens (tertiary/aromatic N) is 1. The largest absolute Gasteiger partial charge is 0.459 e. The molecule has 0 spiro atoms. The Kier molecular flexibility index (Phi) is 6.13. The summed E-state index contributed by atoms with van der Waals surface area (Å²) in [6.07, 6.45) is 2.67. The fourth-order valence-electron chi connectivity index (χ4n) is 2.97. The number of amides is 3. The fourth-order valence-corrected chi connectivity index (χ4v) is 3.09. The monoisotopic (exact) mass is 389 g/mol. The van der Waals surface area contributed by atoms with Gasteiger partial charge in [0.1, 0.15) is 0 Å². The van der Waals surface area contributed by atoms with Gasteiger partial charge in [0.25, 0.3) is 5.91 Å². The maximum absolute atomic E-state index is 12.2. The third-order valence-electron chi connectivity index (χ3n) is 4.49. The highest BCUT2D eigenvalue weighted by Crippen LogP contribution is 2.19. The summed E-state index contributed by atoms with van der Waals surface area (Å²) < 4.78 is 5.12. The molecule has 0 atom stereocenters. The summed E-state index contributed by atoms with van der Waals surface area (Å²) in [7, 11) is 0. The summed E-state index contributed by atoms with van der Waals surface area (Å²) in [6, 6.07) is 10.2. The summed E-state index contributed by atoms with van der Waals surface area (Å²) in [5, 5.41) is 0.601. The van der Waals surface area contributed by atoms with Crippen molar-refractivity contribution in [1.29, 1.82) is 0 Å². The molecule has 2 aromatic rings. The molecular weight excluding hydrogens is 370 g/mol. The highest BCUT2D eigenvalue weighted by Gasteiger charge is 2.28. The van der Waals surface area contributed by atoms with Crippen molar-refractivity contribution in [1.82, 2.24) is 15.8 Å². The molecule has 0 radical (unpaired) electrons. The minimum atomic E-state index is -0.309. The second kappa shape index (κ2) is 8.73. The zero-order valence-electron chi connectivity index (χ0n) is 14.6. The van der Waals surface area contributed by atoms with Gasteiger partial charge in [-0.1, -0.05) is 23.7 Å². The van der Waals surface area contributed by atoms with Crippen LogP contribution in [0.3, 0.4) is 0 Å². The van der Waals surface area contributed by atoms with E-state index in [2.05, 4.69) is 10.9 Å². The normalized spacial score (nSPS) is 14.6. The highest BCUT2D eigenvalue weighted by molar-refractivity contribution is 6.30. The third-order valence-corrected chi connectivity index (χ3v) is 4.74. The standard InChI is InChI=1S/C19H20ClN3O4/c20-15-5-3-13(4-6-15)12-17(24)21-22-18(25)14-7-9-23(10-8-14)19(26)16-2-1-11-27-16/h1-6,11,14H,7-10,12H2,(H,21,24)(H,22,25). The Bertz CT molecular complexity index is 797. The van der Waals surface area contributed by atoms with Gasteiger partial charge in [-0.3, -0.25) is 25.2 Å². The molecule has 1 aromatic carbocycles. The van der Waals surface area contributed by atoms with Gasteiger partial charge in [-0.25, -0.2) is 0 Å². The average molecular weight is 390 g/mol. The molecule has 2 heterocycles. The number of hydrogen-bond donors (Lipinski definition) is 2. The van der Waals surface area contributed by atoms with Crippen molar-refractivity contribution in [2.24, 2.45) is 5.92 Å². The molecule has 0 aliphatic carbocycles. The van der Waals surface area contributed by atoms with E-state index in [4.69, 9.17) is 16.0 Å². The second-order valence-electron chi connectivity index (χ2n) is 6.38. The Labute approximate surface area is 161 Å². The van der Waals surface area contributed by atoms with E-state index in [9.17, 15) is 14.4 Å². The number of piperidine rings is 1. The van der Waals surface area contributed by atoms with Crippen molar-refractivity contribution < 1.29 is 18.8 Å². The smallest absolute Gasteiger partial charge is 0.289 e. The molecule has 2 N–H and O–H groups in total. The first-order valence-corrected chi connectivity index (χ1v) is 9.06. The van der Waals surface area contributed by atoms with E-state index in [0.29, 0.717) is 36.7 Å². The molecular formula is C19H20ClN3O4. The minimum Gasteiger partial charge on any atom is -0.459 e. The predicted molar refractivity (Wildman–Crippen MR) is 98.8 cm³/mol. The maximum atomic E-state index is 12.2. The van der Waals surface area contributed by atoms with E-state index in [1.54, 1.807) is 41.3 Å². The molecule has 1 fully saturated rings. The van der Waals surface area contributed by atoms with Crippen LogP contribution in [0.5, 0.6) is 0 Å². The first-order chi connectivity index (χ1) is 13.0. The van der Waals surface area contributed by atoms with Crippen molar-refractivity contribution in [3.8, 4) is 0 Å². The van der Waals surface area contributed by atoms with E-state index < -0.39 is 0 Å². The van der Waals surface area contributed by atoms with Gasteiger partial charge in [-0.05, 0) is 42.7 Å². The van der Waals surface area contributed by atoms with E-state index in [-0.39, 0.29) is 30.1 Å². The summed E-state index contributed by atoms with van der Waals surface area (Å²) in [4.78, 5) is 38.1. The SMILES string of the molecule is O=C(Cc1ccc(Cl)cc1)NNC(=O)C1CCN(C(=O)c2ccco2)CC1. The van der Waals surface area contributed by atoms with E-state index in [1.165, 1.54) is 6.26 Å². The van der Waals surface area contributed by atoms with Crippen molar-refractivity contribution in [2.45, 2.75) is 19.3 Å². The summed E-state index contributed by atoms with van der Waals surface area (Å²) in [5.74, 6) is -0.676. The van der Waals surface area contributed by atoms with Gasteiger partial charge >= 0.3 is 0 Å². The molecule has 8 heteroatoms. The van der Waals surface area contributed by atoms with Gasteiger partial charge in [-0.2, -0.15) is 0 Å². The molecule has 142 valence electrons. The van der Waals surface area contributed by atoms with Crippen LogP contribution in [0.2, 0.25) is 5.02 Å². The van der Waals surface area contributed by atoms with Gasteiger partial charge in [0.2, 0.25) is 11.8 Å². The Morgan fingerprint density at radius 3 is 2.41 bits per heavy atom. The fraction of sp³-hybridized carbons (Fsp3) is 0.316. The number of halogens is 1. The average Bonchev–Trinajstić information content (AvgIpc) is 3.22. The molecule has 27 heavy (non-hydrogen) atoms. The lowest BCUT2D eigenvalue weighted by Crippen LogP contribution is -2.48. The number of furan rings is 1. The van der Waals surface area contributed by atoms with Crippen molar-refractivity contribution in [3.05, 3.63) is 59.0 Å². The molecule has 1 saturated heterocycles. The lowest BCUT2D eigenvalue weighted by molar-refractivity contribution is -0.131. The first-order valence-electron chi connectivity index (χ1n) is 8.69. The van der Waals surface area contributed by atoms with Gasteiger partial charge in [0.05, 0.1) is 12.7 Å². The zero-order valence-corrected chi connectivity index (χ0v) is 15.4. The van der Waals surface area contributed by atoms with Crippen molar-refractivity contribution in [2.75, 3.05) is 13.1 Å². The number of rotatable bonds is 4. The molecule has 1 aliphatic rings. The van der Waals surface area contributed by atoms with Gasteiger partial charge < -0.3 is 9.32 Å². The van der Waals surface area contributed by atoms with Gasteiger partial charge in [0, 0.05) is 24.0 Å². The number of hydrogen-bond acceptors (Lipinski definition) is 4. The predicted octanol–water partition coefficient (Wildman–Crippen LogP) is 2.18. The molecule has 1 aromatic heterocycles. The summed E-state index contributed by atoms with van der Waals surface area (Å²) in [5.41, 5.74) is 5.70. The molecule has 1 aliphatic heterocycles. The van der Waals surface area contributed by atoms with Crippen LogP contribution in [0, 0.1) is 5.92 Å². The van der Waals surface area contributed by atoms with Crippen LogP contribution in [0.15, 0.2) is 47.1 Å². The Hall–Kier alpha value is -2.80. The Morgan fingerprint density at radius 2 is 1.78 bits per heavy atom. The van der Waals surface area contributed by atoms with Crippen molar-refractivity contribution in [3.63, 3.8) is 0 Å². The Morgan fingerprint density at radius 1 is 1.07 bits per heavy atom. The zero-order chi connectivity index (χ0) is 19.2. The number of carbonyl (C=O) groups excluding carboxylic acids is 3. The van der Waals surface area contributed by atoms with Crippen LogP contribution in [0.1, 0.15) is 29.0 Å². The molecule has 3 rings (SSSR count). The number of nitrogens with one attached hydrogen (secondary N) is 2. The van der Waals surface area contributed by atoms with Crippen LogP contribution in [-0.4, -0.2) is 35.7 Å². The molecule has 0 bridgehead atoms. The summed E-state index contributed by atoms with van der Waals surface area (Å²) in [6.45, 7) is 0.937. The van der Waals surface area contributed by atoms with Gasteiger partial charge in [-0.15, -0.1) is 0 Å². The van der Waals surface area contributed by atoms with Crippen LogP contribution in [-0.2, 0) is 16.0 Å².